The molecule has 0 saturated heterocycles. The molecule has 3 rings (SSSR count). The molecule has 3 N–H and O–H groups in total. The molecule has 3 amide bonds. The van der Waals surface area contributed by atoms with Crippen molar-refractivity contribution in [2.24, 2.45) is 10.8 Å². The van der Waals surface area contributed by atoms with Crippen molar-refractivity contribution in [2.75, 3.05) is 0 Å². The van der Waals surface area contributed by atoms with Crippen molar-refractivity contribution in [1.29, 1.82) is 0 Å². The van der Waals surface area contributed by atoms with Crippen LogP contribution in [0.1, 0.15) is 38.3 Å². The first-order chi connectivity index (χ1) is 13.2. The summed E-state index contributed by atoms with van der Waals surface area (Å²) in [5.41, 5.74) is 9.40. The number of carbonyl (C=O) groups is 3. The summed E-state index contributed by atoms with van der Waals surface area (Å²) in [6.07, 6.45) is 1.49. The van der Waals surface area contributed by atoms with Gasteiger partial charge < -0.3 is 10.5 Å². The van der Waals surface area contributed by atoms with Gasteiger partial charge in [0, 0.05) is 19.2 Å². The van der Waals surface area contributed by atoms with Crippen LogP contribution in [0, 0.1) is 0 Å². The molecule has 0 spiro atoms. The molecule has 0 aromatic heterocycles. The van der Waals surface area contributed by atoms with E-state index < -0.39 is 35.6 Å². The number of rotatable bonds is 3. The fourth-order valence-corrected chi connectivity index (χ4v) is 3.29. The van der Waals surface area contributed by atoms with Gasteiger partial charge in [-0.25, -0.2) is 14.8 Å². The van der Waals surface area contributed by atoms with Crippen molar-refractivity contribution in [3.05, 3.63) is 35.4 Å². The average molecular weight is 387 g/mol. The number of ether oxygens (including phenoxy) is 1. The predicted molar refractivity (Wildman–Crippen MR) is 102 cm³/mol. The van der Waals surface area contributed by atoms with Crippen LogP contribution in [0.25, 0.3) is 0 Å². The first kappa shape index (κ1) is 19.8. The van der Waals surface area contributed by atoms with E-state index in [0.717, 1.165) is 16.1 Å². The van der Waals surface area contributed by atoms with Crippen LogP contribution in [0.15, 0.2) is 29.4 Å². The van der Waals surface area contributed by atoms with Gasteiger partial charge in [0.2, 0.25) is 5.91 Å². The van der Waals surface area contributed by atoms with Gasteiger partial charge in [-0.1, -0.05) is 24.3 Å². The molecule has 2 aliphatic rings. The van der Waals surface area contributed by atoms with Gasteiger partial charge in [0.05, 0.1) is 0 Å². The maximum atomic E-state index is 13.2. The number of hydrogen-bond donors (Lipinski definition) is 2. The second kappa shape index (κ2) is 7.59. The summed E-state index contributed by atoms with van der Waals surface area (Å²) < 4.78 is 5.32. The molecule has 0 radical (unpaired) electrons. The summed E-state index contributed by atoms with van der Waals surface area (Å²) in [7, 11) is 0. The van der Waals surface area contributed by atoms with Crippen LogP contribution in [-0.4, -0.2) is 51.8 Å². The number of hydrazine groups is 1. The summed E-state index contributed by atoms with van der Waals surface area (Å²) in [6, 6.07) is 6.14. The Morgan fingerprint density at radius 2 is 1.86 bits per heavy atom. The van der Waals surface area contributed by atoms with E-state index in [9.17, 15) is 14.4 Å². The van der Waals surface area contributed by atoms with Crippen LogP contribution in [-0.2, 0) is 27.3 Å². The van der Waals surface area contributed by atoms with E-state index in [1.807, 2.05) is 24.3 Å². The van der Waals surface area contributed by atoms with Crippen molar-refractivity contribution in [1.82, 2.24) is 15.4 Å². The third kappa shape index (κ3) is 4.30. The van der Waals surface area contributed by atoms with Gasteiger partial charge in [0.15, 0.2) is 0 Å². The Kier molecular flexibility index (Phi) is 5.37. The third-order valence-corrected chi connectivity index (χ3v) is 4.55. The highest BCUT2D eigenvalue weighted by molar-refractivity contribution is 5.93. The predicted octanol–water partition coefficient (Wildman–Crippen LogP) is 0.925. The molecule has 2 aliphatic heterocycles. The molecule has 1 aromatic carbocycles. The van der Waals surface area contributed by atoms with Crippen molar-refractivity contribution in [3.63, 3.8) is 0 Å². The lowest BCUT2D eigenvalue weighted by Crippen LogP contribution is -2.59. The molecule has 9 nitrogen and oxygen atoms in total. The molecule has 0 bridgehead atoms. The highest BCUT2D eigenvalue weighted by atomic mass is 16.6. The SMILES string of the molecule is CC(C)(C)OC(=O)NN1Cc2ccccc2CC1C(=O)N1N=CCC1C(N)=O. The minimum Gasteiger partial charge on any atom is -0.443 e. The zero-order valence-corrected chi connectivity index (χ0v) is 16.2. The smallest absolute Gasteiger partial charge is 0.422 e. The first-order valence-electron chi connectivity index (χ1n) is 9.13. The van der Waals surface area contributed by atoms with Crippen LogP contribution in [0.4, 0.5) is 4.79 Å². The van der Waals surface area contributed by atoms with E-state index in [1.54, 1.807) is 20.8 Å². The van der Waals surface area contributed by atoms with Gasteiger partial charge in [0.25, 0.3) is 5.91 Å². The standard InChI is InChI=1S/C19H25N5O4/c1-19(2,3)28-18(27)22-23-11-13-7-5-4-6-12(13)10-15(23)17(26)24-14(16(20)25)8-9-21-24/h4-7,9,14-15H,8,10-11H2,1-3H3,(H2,20,25)(H,22,27). The van der Waals surface area contributed by atoms with Crippen molar-refractivity contribution >= 4 is 24.1 Å². The summed E-state index contributed by atoms with van der Waals surface area (Å²) in [6.45, 7) is 5.61. The van der Waals surface area contributed by atoms with Gasteiger partial charge >= 0.3 is 6.09 Å². The maximum absolute atomic E-state index is 13.2. The van der Waals surface area contributed by atoms with E-state index >= 15 is 0 Å². The molecule has 2 unspecified atom stereocenters. The number of hydrazone groups is 1. The van der Waals surface area contributed by atoms with Crippen LogP contribution < -0.4 is 11.2 Å². The van der Waals surface area contributed by atoms with Crippen molar-refractivity contribution in [2.45, 2.75) is 57.8 Å². The minimum atomic E-state index is -0.812. The number of hydrogen-bond acceptors (Lipinski definition) is 6. The van der Waals surface area contributed by atoms with Crippen LogP contribution in [0.3, 0.4) is 0 Å². The molecule has 2 atom stereocenters. The molecule has 150 valence electrons. The van der Waals surface area contributed by atoms with Crippen LogP contribution in [0.2, 0.25) is 0 Å². The minimum absolute atomic E-state index is 0.282. The Bertz CT molecular complexity index is 817. The Labute approximate surface area is 163 Å². The second-order valence-corrected chi connectivity index (χ2v) is 7.86. The molecule has 28 heavy (non-hydrogen) atoms. The van der Waals surface area contributed by atoms with E-state index in [2.05, 4.69) is 10.5 Å². The normalized spacial score (nSPS) is 21.9. The second-order valence-electron chi connectivity index (χ2n) is 7.86. The number of primary amides is 1. The molecular weight excluding hydrogens is 362 g/mol. The van der Waals surface area contributed by atoms with Gasteiger partial charge in [0.1, 0.15) is 17.7 Å². The summed E-state index contributed by atoms with van der Waals surface area (Å²) in [4.78, 5) is 37.1. The van der Waals surface area contributed by atoms with E-state index in [-0.39, 0.29) is 6.42 Å². The Balaban J connectivity index is 1.84. The van der Waals surface area contributed by atoms with E-state index in [0.29, 0.717) is 13.0 Å². The molecular formula is C19H25N5O4. The number of nitrogens with two attached hydrogens (primary N) is 1. The zero-order chi connectivity index (χ0) is 20.5. The van der Waals surface area contributed by atoms with Gasteiger partial charge in [-0.05, 0) is 38.3 Å². The number of benzene rings is 1. The lowest BCUT2D eigenvalue weighted by molar-refractivity contribution is -0.144. The number of carbonyl (C=O) groups excluding carboxylic acids is 3. The molecule has 2 heterocycles. The highest BCUT2D eigenvalue weighted by Crippen LogP contribution is 2.25. The van der Waals surface area contributed by atoms with E-state index in [4.69, 9.17) is 10.5 Å². The third-order valence-electron chi connectivity index (χ3n) is 4.55. The molecule has 9 heteroatoms. The Hall–Kier alpha value is -2.94. The highest BCUT2D eigenvalue weighted by Gasteiger charge is 2.40. The first-order valence-corrected chi connectivity index (χ1v) is 9.13. The molecule has 0 saturated carbocycles. The summed E-state index contributed by atoms with van der Waals surface area (Å²) in [5, 5.41) is 6.68. The number of nitrogens with zero attached hydrogens (tertiary/aromatic N) is 3. The van der Waals surface area contributed by atoms with Crippen molar-refractivity contribution < 1.29 is 19.1 Å². The fourth-order valence-electron chi connectivity index (χ4n) is 3.29. The van der Waals surface area contributed by atoms with Crippen molar-refractivity contribution in [3.8, 4) is 0 Å². The molecule has 0 aliphatic carbocycles. The van der Waals surface area contributed by atoms with Crippen LogP contribution >= 0.6 is 0 Å². The van der Waals surface area contributed by atoms with Crippen LogP contribution in [0.5, 0.6) is 0 Å². The summed E-state index contributed by atoms with van der Waals surface area (Å²) in [5.74, 6) is -1.02. The largest absolute Gasteiger partial charge is 0.443 e. The number of nitrogens with one attached hydrogen (secondary N) is 1. The monoisotopic (exact) mass is 387 g/mol. The van der Waals surface area contributed by atoms with Gasteiger partial charge in [-0.3, -0.25) is 15.0 Å². The Morgan fingerprint density at radius 3 is 2.50 bits per heavy atom. The topological polar surface area (TPSA) is 117 Å². The fraction of sp³-hybridized carbons (Fsp3) is 0.474. The average Bonchev–Trinajstić information content (AvgIpc) is 3.09. The lowest BCUT2D eigenvalue weighted by Gasteiger charge is -2.37. The number of amides is 3. The lowest BCUT2D eigenvalue weighted by atomic mass is 9.94. The molecule has 1 aromatic rings. The van der Waals surface area contributed by atoms with Gasteiger partial charge in [-0.15, -0.1) is 0 Å². The molecule has 0 fully saturated rings. The summed E-state index contributed by atoms with van der Waals surface area (Å²) >= 11 is 0. The Morgan fingerprint density at radius 1 is 1.18 bits per heavy atom. The quantitative estimate of drug-likeness (QED) is 0.800. The zero-order valence-electron chi connectivity index (χ0n) is 16.2. The van der Waals surface area contributed by atoms with Gasteiger partial charge in [-0.2, -0.15) is 5.10 Å². The van der Waals surface area contributed by atoms with E-state index in [1.165, 1.54) is 11.2 Å². The number of fused-ring (bicyclic) bond motifs is 1. The maximum Gasteiger partial charge on any atom is 0.422 e.